The molecule has 0 atom stereocenters. The number of fused-ring (bicyclic) bond motifs is 6. The van der Waals surface area contributed by atoms with Crippen LogP contribution in [0.5, 0.6) is 0 Å². The Morgan fingerprint density at radius 2 is 0.870 bits per heavy atom. The summed E-state index contributed by atoms with van der Waals surface area (Å²) in [5, 5.41) is 14.9. The van der Waals surface area contributed by atoms with Crippen LogP contribution < -0.4 is 0 Å². The van der Waals surface area contributed by atoms with E-state index in [0.29, 0.717) is 5.56 Å². The van der Waals surface area contributed by atoms with Crippen LogP contribution in [0.25, 0.3) is 77.2 Å². The summed E-state index contributed by atoms with van der Waals surface area (Å²) in [6.07, 6.45) is 0. The van der Waals surface area contributed by atoms with Gasteiger partial charge in [-0.25, -0.2) is 0 Å². The van der Waals surface area contributed by atoms with Crippen molar-refractivity contribution in [2.75, 3.05) is 0 Å². The van der Waals surface area contributed by atoms with Gasteiger partial charge in [-0.15, -0.1) is 0 Å². The third-order valence-corrected chi connectivity index (χ3v) is 9.18. The molecule has 0 spiro atoms. The van der Waals surface area contributed by atoms with Crippen LogP contribution in [-0.2, 0) is 0 Å². The summed E-state index contributed by atoms with van der Waals surface area (Å²) in [5.74, 6) is 0. The Hall–Kier alpha value is -6.37. The second kappa shape index (κ2) is 10.4. The Labute approximate surface area is 266 Å². The highest BCUT2D eigenvalue weighted by Crippen LogP contribution is 2.40. The normalized spacial score (nSPS) is 11.5. The van der Waals surface area contributed by atoms with Crippen molar-refractivity contribution in [3.63, 3.8) is 0 Å². The van der Waals surface area contributed by atoms with E-state index in [-0.39, 0.29) is 0 Å². The molecule has 7 aromatic carbocycles. The Kier molecular flexibility index (Phi) is 5.88. The molecular formula is C43H27N3. The lowest BCUT2D eigenvalue weighted by molar-refractivity contribution is 1.18. The molecule has 0 N–H and O–H groups in total. The fourth-order valence-electron chi connectivity index (χ4n) is 7.16. The van der Waals surface area contributed by atoms with E-state index in [4.69, 9.17) is 0 Å². The standard InChI is InChI=1S/C43H27N3/c44-28-29-21-26-32(33-11-1-8-18-41(33)46-42-19-9-4-14-36(42)37-15-5-10-20-43(37)46)38(27-29)30-22-24-31(25-23-30)45-39-16-6-2-12-34(39)35-13-3-7-17-40(35)45/h1-27H. The molecule has 0 aliphatic carbocycles. The fraction of sp³-hybridized carbons (Fsp3) is 0. The lowest BCUT2D eigenvalue weighted by Crippen LogP contribution is -1.98. The van der Waals surface area contributed by atoms with Crippen LogP contribution in [0.1, 0.15) is 5.56 Å². The van der Waals surface area contributed by atoms with Crippen molar-refractivity contribution in [2.45, 2.75) is 0 Å². The van der Waals surface area contributed by atoms with Gasteiger partial charge in [-0.3, -0.25) is 0 Å². The maximum Gasteiger partial charge on any atom is 0.0991 e. The van der Waals surface area contributed by atoms with Gasteiger partial charge in [0.2, 0.25) is 0 Å². The minimum Gasteiger partial charge on any atom is -0.309 e. The van der Waals surface area contributed by atoms with E-state index in [1.807, 2.05) is 12.1 Å². The van der Waals surface area contributed by atoms with Crippen LogP contribution in [-0.4, -0.2) is 9.13 Å². The minimum atomic E-state index is 0.638. The summed E-state index contributed by atoms with van der Waals surface area (Å²) in [6.45, 7) is 0. The predicted octanol–water partition coefficient (Wildman–Crippen LogP) is 11.1. The first-order chi connectivity index (χ1) is 22.8. The van der Waals surface area contributed by atoms with Gasteiger partial charge in [-0.2, -0.15) is 5.26 Å². The number of nitrogens with zero attached hydrogens (tertiary/aromatic N) is 3. The third kappa shape index (κ3) is 3.91. The van der Waals surface area contributed by atoms with Crippen molar-refractivity contribution in [3.8, 4) is 39.7 Å². The zero-order chi connectivity index (χ0) is 30.6. The van der Waals surface area contributed by atoms with E-state index >= 15 is 0 Å². The van der Waals surface area contributed by atoms with Gasteiger partial charge in [0.1, 0.15) is 0 Å². The Balaban J connectivity index is 1.24. The average Bonchev–Trinajstić information content (AvgIpc) is 3.65. The Morgan fingerprint density at radius 3 is 1.41 bits per heavy atom. The molecule has 0 unspecified atom stereocenters. The topological polar surface area (TPSA) is 33.6 Å². The van der Waals surface area contributed by atoms with Gasteiger partial charge in [-0.1, -0.05) is 109 Å². The monoisotopic (exact) mass is 585 g/mol. The molecule has 0 radical (unpaired) electrons. The molecule has 9 aromatic rings. The second-order valence-corrected chi connectivity index (χ2v) is 11.7. The average molecular weight is 586 g/mol. The van der Waals surface area contributed by atoms with Crippen molar-refractivity contribution in [3.05, 3.63) is 169 Å². The van der Waals surface area contributed by atoms with Crippen molar-refractivity contribution >= 4 is 43.6 Å². The van der Waals surface area contributed by atoms with E-state index < -0.39 is 0 Å². The number of rotatable bonds is 4. The van der Waals surface area contributed by atoms with Crippen LogP contribution >= 0.6 is 0 Å². The molecule has 214 valence electrons. The van der Waals surface area contributed by atoms with E-state index in [1.165, 1.54) is 43.6 Å². The number of benzene rings is 7. The highest BCUT2D eigenvalue weighted by Gasteiger charge is 2.18. The fourth-order valence-corrected chi connectivity index (χ4v) is 7.16. The smallest absolute Gasteiger partial charge is 0.0991 e. The van der Waals surface area contributed by atoms with Crippen LogP contribution in [0.15, 0.2) is 164 Å². The van der Waals surface area contributed by atoms with Gasteiger partial charge in [0.15, 0.2) is 0 Å². The number of aromatic nitrogens is 2. The summed E-state index contributed by atoms with van der Waals surface area (Å²) < 4.78 is 4.70. The maximum atomic E-state index is 9.92. The first-order valence-electron chi connectivity index (χ1n) is 15.5. The SMILES string of the molecule is N#Cc1ccc(-c2ccccc2-n2c3ccccc3c3ccccc32)c(-c2ccc(-n3c4ccccc4c4ccccc43)cc2)c1. The highest BCUT2D eigenvalue weighted by atomic mass is 15.0. The highest BCUT2D eigenvalue weighted by molar-refractivity contribution is 6.10. The van der Waals surface area contributed by atoms with Gasteiger partial charge >= 0.3 is 0 Å². The van der Waals surface area contributed by atoms with Crippen molar-refractivity contribution in [1.29, 1.82) is 5.26 Å². The molecule has 0 fully saturated rings. The van der Waals surface area contributed by atoms with E-state index in [0.717, 1.165) is 33.6 Å². The summed E-state index contributed by atoms with van der Waals surface area (Å²) >= 11 is 0. The van der Waals surface area contributed by atoms with Crippen LogP contribution in [0.2, 0.25) is 0 Å². The molecule has 46 heavy (non-hydrogen) atoms. The quantitative estimate of drug-likeness (QED) is 0.202. The van der Waals surface area contributed by atoms with Crippen LogP contribution in [0.4, 0.5) is 0 Å². The maximum absolute atomic E-state index is 9.92. The molecule has 9 rings (SSSR count). The molecule has 0 saturated heterocycles. The molecule has 2 heterocycles. The molecule has 3 nitrogen and oxygen atoms in total. The molecule has 0 bridgehead atoms. The summed E-state index contributed by atoms with van der Waals surface area (Å²) in [5.41, 5.74) is 11.8. The number of para-hydroxylation sites is 5. The molecule has 0 saturated carbocycles. The molecule has 0 aliphatic heterocycles. The summed E-state index contributed by atoms with van der Waals surface area (Å²) in [6, 6.07) is 60.1. The number of hydrogen-bond acceptors (Lipinski definition) is 1. The zero-order valence-electron chi connectivity index (χ0n) is 24.9. The lowest BCUT2D eigenvalue weighted by atomic mass is 9.92. The third-order valence-electron chi connectivity index (χ3n) is 9.18. The number of hydrogen-bond donors (Lipinski definition) is 0. The summed E-state index contributed by atoms with van der Waals surface area (Å²) in [7, 11) is 0. The predicted molar refractivity (Wildman–Crippen MR) is 191 cm³/mol. The van der Waals surface area contributed by atoms with Gasteiger partial charge < -0.3 is 9.13 Å². The van der Waals surface area contributed by atoms with Crippen molar-refractivity contribution < 1.29 is 0 Å². The summed E-state index contributed by atoms with van der Waals surface area (Å²) in [4.78, 5) is 0. The van der Waals surface area contributed by atoms with Gasteiger partial charge in [0.25, 0.3) is 0 Å². The molecular weight excluding hydrogens is 558 g/mol. The minimum absolute atomic E-state index is 0.638. The molecule has 0 amide bonds. The Morgan fingerprint density at radius 1 is 0.391 bits per heavy atom. The van der Waals surface area contributed by atoms with Crippen LogP contribution in [0.3, 0.4) is 0 Å². The van der Waals surface area contributed by atoms with E-state index in [2.05, 4.69) is 167 Å². The first-order valence-corrected chi connectivity index (χ1v) is 15.5. The zero-order valence-corrected chi connectivity index (χ0v) is 24.9. The lowest BCUT2D eigenvalue weighted by Gasteiger charge is -2.17. The number of nitriles is 1. The molecule has 0 aliphatic rings. The largest absolute Gasteiger partial charge is 0.309 e. The van der Waals surface area contributed by atoms with Crippen molar-refractivity contribution in [1.82, 2.24) is 9.13 Å². The van der Waals surface area contributed by atoms with Gasteiger partial charge in [-0.05, 0) is 71.3 Å². The van der Waals surface area contributed by atoms with E-state index in [1.54, 1.807) is 0 Å². The van der Waals surface area contributed by atoms with Gasteiger partial charge in [0.05, 0.1) is 39.4 Å². The first kappa shape index (κ1) is 26.1. The van der Waals surface area contributed by atoms with E-state index in [9.17, 15) is 5.26 Å². The second-order valence-electron chi connectivity index (χ2n) is 11.7. The van der Waals surface area contributed by atoms with Crippen LogP contribution in [0, 0.1) is 11.3 Å². The molecule has 3 heteroatoms. The molecule has 2 aromatic heterocycles. The van der Waals surface area contributed by atoms with Gasteiger partial charge in [0, 0.05) is 32.8 Å². The van der Waals surface area contributed by atoms with Crippen molar-refractivity contribution in [2.24, 2.45) is 0 Å². The Bertz CT molecular complexity index is 2540.